The van der Waals surface area contributed by atoms with E-state index in [1.165, 1.54) is 0 Å². The van der Waals surface area contributed by atoms with E-state index < -0.39 is 5.92 Å². The van der Waals surface area contributed by atoms with Crippen LogP contribution in [0.1, 0.15) is 74.7 Å². The Bertz CT molecular complexity index is 349. The number of esters is 1. The van der Waals surface area contributed by atoms with Crippen molar-refractivity contribution in [3.05, 3.63) is 0 Å². The van der Waals surface area contributed by atoms with Crippen molar-refractivity contribution in [1.82, 2.24) is 4.90 Å². The molecule has 0 aromatic heterocycles. The first-order chi connectivity index (χ1) is 13.1. The third-order valence-electron chi connectivity index (χ3n) is 3.94. The van der Waals surface area contributed by atoms with E-state index in [-0.39, 0.29) is 24.0 Å². The predicted molar refractivity (Wildman–Crippen MR) is 112 cm³/mol. The van der Waals surface area contributed by atoms with Crippen molar-refractivity contribution in [2.75, 3.05) is 34.0 Å². The van der Waals surface area contributed by atoms with Gasteiger partial charge in [-0.2, -0.15) is 0 Å². The van der Waals surface area contributed by atoms with Crippen LogP contribution in [0.4, 0.5) is 0 Å². The van der Waals surface area contributed by atoms with Crippen LogP contribution < -0.4 is 0 Å². The third kappa shape index (κ3) is 11.3. The van der Waals surface area contributed by atoms with Crippen molar-refractivity contribution in [2.24, 2.45) is 5.92 Å². The summed E-state index contributed by atoms with van der Waals surface area (Å²) in [6.45, 7) is 17.0. The number of carbonyl (C=O) groups excluding carboxylic acids is 2. The number of methoxy groups -OCH3 is 2. The van der Waals surface area contributed by atoms with Crippen molar-refractivity contribution >= 4 is 11.9 Å². The minimum atomic E-state index is -0.393. The Labute approximate surface area is 167 Å². The van der Waals surface area contributed by atoms with Gasteiger partial charge in [-0.05, 0) is 26.7 Å². The summed E-state index contributed by atoms with van der Waals surface area (Å²) in [4.78, 5) is 26.0. The molecule has 164 valence electrons. The SMILES string of the molecule is CC.CC.CC.CCOC(=O)C(C)C(OC)C1CCCN1C(=O)CCOC. The van der Waals surface area contributed by atoms with Crippen LogP contribution in [-0.4, -0.2) is 62.9 Å². The third-order valence-corrected chi connectivity index (χ3v) is 3.94. The molecule has 0 saturated carbocycles. The van der Waals surface area contributed by atoms with Gasteiger partial charge in [0.15, 0.2) is 0 Å². The Balaban J connectivity index is -0.000000869. The molecule has 3 atom stereocenters. The summed E-state index contributed by atoms with van der Waals surface area (Å²) in [7, 11) is 3.16. The second-order valence-corrected chi connectivity index (χ2v) is 5.28. The first kappa shape index (κ1) is 30.6. The molecule has 1 heterocycles. The Hall–Kier alpha value is -1.14. The maximum atomic E-state index is 12.2. The minimum Gasteiger partial charge on any atom is -0.466 e. The second-order valence-electron chi connectivity index (χ2n) is 5.28. The largest absolute Gasteiger partial charge is 0.466 e. The van der Waals surface area contributed by atoms with Crippen LogP contribution in [0.2, 0.25) is 0 Å². The summed E-state index contributed by atoms with van der Waals surface area (Å²) in [6, 6.07) is -0.0706. The minimum absolute atomic E-state index is 0.0532. The molecule has 0 radical (unpaired) electrons. The number of hydrogen-bond acceptors (Lipinski definition) is 5. The summed E-state index contributed by atoms with van der Waals surface area (Å²) in [5.74, 6) is -0.617. The van der Waals surface area contributed by atoms with Crippen molar-refractivity contribution in [1.29, 1.82) is 0 Å². The van der Waals surface area contributed by atoms with Gasteiger partial charge < -0.3 is 19.1 Å². The maximum Gasteiger partial charge on any atom is 0.311 e. The fraction of sp³-hybridized carbons (Fsp3) is 0.905. The smallest absolute Gasteiger partial charge is 0.311 e. The van der Waals surface area contributed by atoms with Gasteiger partial charge in [-0.25, -0.2) is 0 Å². The first-order valence-electron chi connectivity index (χ1n) is 10.5. The zero-order valence-corrected chi connectivity index (χ0v) is 19.5. The molecule has 6 heteroatoms. The van der Waals surface area contributed by atoms with E-state index in [4.69, 9.17) is 14.2 Å². The van der Waals surface area contributed by atoms with E-state index in [1.54, 1.807) is 28.1 Å². The molecular weight excluding hydrogens is 346 g/mol. The number of amides is 1. The van der Waals surface area contributed by atoms with Crippen molar-refractivity contribution in [3.8, 4) is 0 Å². The molecule has 0 spiro atoms. The Morgan fingerprint density at radius 3 is 2.07 bits per heavy atom. The first-order valence-corrected chi connectivity index (χ1v) is 10.5. The Morgan fingerprint density at radius 1 is 1.07 bits per heavy atom. The fourth-order valence-electron chi connectivity index (χ4n) is 2.88. The summed E-state index contributed by atoms with van der Waals surface area (Å²) < 4.78 is 15.5. The molecule has 6 nitrogen and oxygen atoms in total. The highest BCUT2D eigenvalue weighted by atomic mass is 16.5. The summed E-state index contributed by atoms with van der Waals surface area (Å²) >= 11 is 0. The molecule has 0 aromatic carbocycles. The van der Waals surface area contributed by atoms with Crippen LogP contribution in [-0.2, 0) is 23.8 Å². The molecule has 0 bridgehead atoms. The van der Waals surface area contributed by atoms with E-state index >= 15 is 0 Å². The second kappa shape index (κ2) is 21.2. The number of rotatable bonds is 8. The van der Waals surface area contributed by atoms with E-state index in [1.807, 2.05) is 46.4 Å². The van der Waals surface area contributed by atoms with Gasteiger partial charge in [-0.3, -0.25) is 9.59 Å². The molecule has 27 heavy (non-hydrogen) atoms. The van der Waals surface area contributed by atoms with Crippen molar-refractivity contribution in [3.63, 3.8) is 0 Å². The molecule has 1 amide bonds. The topological polar surface area (TPSA) is 65.1 Å². The quantitative estimate of drug-likeness (QED) is 0.577. The highest BCUT2D eigenvalue weighted by Gasteiger charge is 2.39. The predicted octanol–water partition coefficient (Wildman–Crippen LogP) is 4.31. The van der Waals surface area contributed by atoms with Crippen LogP contribution >= 0.6 is 0 Å². The van der Waals surface area contributed by atoms with Gasteiger partial charge in [-0.15, -0.1) is 0 Å². The lowest BCUT2D eigenvalue weighted by Gasteiger charge is -2.33. The molecule has 1 rings (SSSR count). The van der Waals surface area contributed by atoms with E-state index in [0.29, 0.717) is 26.2 Å². The lowest BCUT2D eigenvalue weighted by Crippen LogP contribution is -2.48. The molecule has 1 saturated heterocycles. The molecule has 0 N–H and O–H groups in total. The Morgan fingerprint density at radius 2 is 1.63 bits per heavy atom. The molecular formula is C21H45NO5. The highest BCUT2D eigenvalue weighted by Crippen LogP contribution is 2.27. The van der Waals surface area contributed by atoms with Gasteiger partial charge in [-0.1, -0.05) is 41.5 Å². The molecule has 3 unspecified atom stereocenters. The van der Waals surface area contributed by atoms with Crippen LogP contribution in [0.15, 0.2) is 0 Å². The molecule has 1 fully saturated rings. The number of ether oxygens (including phenoxy) is 3. The van der Waals surface area contributed by atoms with Crippen molar-refractivity contribution in [2.45, 2.75) is 86.8 Å². The monoisotopic (exact) mass is 391 g/mol. The summed E-state index contributed by atoms with van der Waals surface area (Å²) in [5, 5.41) is 0. The van der Waals surface area contributed by atoms with Crippen LogP contribution in [0, 0.1) is 5.92 Å². The number of likely N-dealkylation sites (tertiary alicyclic amines) is 1. The standard InChI is InChI=1S/C15H27NO5.3C2H6/c1-5-21-15(18)11(2)14(20-4)12-7-6-9-16(12)13(17)8-10-19-3;3*1-2/h11-12,14H,5-10H2,1-4H3;3*1-2H3. The molecule has 0 aliphatic carbocycles. The zero-order valence-electron chi connectivity index (χ0n) is 19.5. The lowest BCUT2D eigenvalue weighted by molar-refractivity contribution is -0.156. The van der Waals surface area contributed by atoms with E-state index in [0.717, 1.165) is 12.8 Å². The molecule has 1 aliphatic rings. The average Bonchev–Trinajstić information content (AvgIpc) is 3.21. The van der Waals surface area contributed by atoms with Crippen molar-refractivity contribution < 1.29 is 23.8 Å². The summed E-state index contributed by atoms with van der Waals surface area (Å²) in [5.41, 5.74) is 0. The van der Waals surface area contributed by atoms with Crippen LogP contribution in [0.3, 0.4) is 0 Å². The van der Waals surface area contributed by atoms with E-state index in [9.17, 15) is 9.59 Å². The fourth-order valence-corrected chi connectivity index (χ4v) is 2.88. The highest BCUT2D eigenvalue weighted by molar-refractivity contribution is 5.77. The molecule has 1 aliphatic heterocycles. The van der Waals surface area contributed by atoms with Gasteiger partial charge in [0, 0.05) is 20.8 Å². The number of hydrogen-bond donors (Lipinski definition) is 0. The van der Waals surface area contributed by atoms with Gasteiger partial charge in [0.25, 0.3) is 0 Å². The Kier molecular flexibility index (Phi) is 24.0. The van der Waals surface area contributed by atoms with Gasteiger partial charge >= 0.3 is 5.97 Å². The van der Waals surface area contributed by atoms with E-state index in [2.05, 4.69) is 0 Å². The maximum absolute atomic E-state index is 12.2. The normalized spacial score (nSPS) is 17.1. The zero-order chi connectivity index (χ0) is 21.8. The summed E-state index contributed by atoms with van der Waals surface area (Å²) in [6.07, 6.45) is 1.80. The number of nitrogens with zero attached hydrogens (tertiary/aromatic N) is 1. The van der Waals surface area contributed by atoms with Crippen LogP contribution in [0.25, 0.3) is 0 Å². The van der Waals surface area contributed by atoms with Gasteiger partial charge in [0.2, 0.25) is 5.91 Å². The van der Waals surface area contributed by atoms with Gasteiger partial charge in [0.05, 0.1) is 37.7 Å². The van der Waals surface area contributed by atoms with Crippen LogP contribution in [0.5, 0.6) is 0 Å². The lowest BCUT2D eigenvalue weighted by atomic mass is 9.95. The number of carbonyl (C=O) groups is 2. The molecule has 0 aromatic rings. The average molecular weight is 392 g/mol. The van der Waals surface area contributed by atoms with Gasteiger partial charge in [0.1, 0.15) is 0 Å².